The Balaban J connectivity index is 0.871. The van der Waals surface area contributed by atoms with Crippen molar-refractivity contribution in [3.8, 4) is 11.1 Å². The van der Waals surface area contributed by atoms with Crippen LogP contribution in [0.3, 0.4) is 0 Å². The van der Waals surface area contributed by atoms with Crippen LogP contribution in [0.4, 0.5) is 34.1 Å². The molecule has 11 rings (SSSR count). The number of nitrogens with zero attached hydrogens (tertiary/aromatic N) is 2. The Morgan fingerprint density at radius 3 is 1.62 bits per heavy atom. The fourth-order valence-electron chi connectivity index (χ4n) is 10.9. The maximum Gasteiger partial charge on any atom is 0.0506 e. The molecule has 2 heterocycles. The van der Waals surface area contributed by atoms with Gasteiger partial charge in [-0.25, -0.2) is 0 Å². The van der Waals surface area contributed by atoms with Crippen molar-refractivity contribution in [1.29, 1.82) is 0 Å². The van der Waals surface area contributed by atoms with E-state index < -0.39 is 0 Å². The van der Waals surface area contributed by atoms with E-state index in [2.05, 4.69) is 239 Å². The molecule has 298 valence electrons. The van der Waals surface area contributed by atoms with Crippen molar-refractivity contribution in [2.24, 2.45) is 5.92 Å². The lowest BCUT2D eigenvalue weighted by Gasteiger charge is -2.42. The van der Waals surface area contributed by atoms with Gasteiger partial charge in [0, 0.05) is 27.6 Å². The average Bonchev–Trinajstić information content (AvgIpc) is 3.50. The summed E-state index contributed by atoms with van der Waals surface area (Å²) in [6.45, 7) is 14.3. The predicted molar refractivity (Wildman–Crippen MR) is 258 cm³/mol. The van der Waals surface area contributed by atoms with Crippen molar-refractivity contribution in [2.45, 2.75) is 64.2 Å². The van der Waals surface area contributed by atoms with Crippen LogP contribution in [0.2, 0.25) is 0 Å². The van der Waals surface area contributed by atoms with Crippen molar-refractivity contribution in [1.82, 2.24) is 0 Å². The molecule has 0 bridgehead atoms. The molecule has 0 N–H and O–H groups in total. The van der Waals surface area contributed by atoms with Crippen LogP contribution in [-0.2, 0) is 16.2 Å². The molecule has 7 aromatic carbocycles. The Kier molecular flexibility index (Phi) is 8.39. The van der Waals surface area contributed by atoms with Gasteiger partial charge >= 0.3 is 0 Å². The van der Waals surface area contributed by atoms with Crippen LogP contribution in [-0.4, -0.2) is 0 Å². The van der Waals surface area contributed by atoms with E-state index in [4.69, 9.17) is 0 Å². The van der Waals surface area contributed by atoms with Crippen LogP contribution in [0, 0.1) is 5.92 Å². The van der Waals surface area contributed by atoms with Gasteiger partial charge in [0.25, 0.3) is 0 Å². The normalized spacial score (nSPS) is 18.4. The van der Waals surface area contributed by atoms with E-state index in [1.807, 2.05) is 0 Å². The minimum absolute atomic E-state index is 0.131. The topological polar surface area (TPSA) is 6.48 Å². The quantitative estimate of drug-likeness (QED) is 0.171. The molecule has 0 spiro atoms. The number of hydrogen-bond acceptors (Lipinski definition) is 2. The number of allylic oxidation sites excluding steroid dienone is 5. The second kappa shape index (κ2) is 13.7. The highest BCUT2D eigenvalue weighted by molar-refractivity contribution is 5.92. The number of para-hydroxylation sites is 4. The summed E-state index contributed by atoms with van der Waals surface area (Å²) in [6, 6.07) is 58.7. The van der Waals surface area contributed by atoms with Gasteiger partial charge in [0.1, 0.15) is 0 Å². The molecule has 0 aromatic heterocycles. The molecule has 7 aromatic rings. The Bertz CT molecular complexity index is 2980. The third kappa shape index (κ3) is 5.76. The van der Waals surface area contributed by atoms with Crippen molar-refractivity contribution in [3.63, 3.8) is 0 Å². The molecule has 0 saturated heterocycles. The van der Waals surface area contributed by atoms with Gasteiger partial charge in [-0.05, 0) is 134 Å². The van der Waals surface area contributed by atoms with E-state index in [1.54, 1.807) is 0 Å². The number of hydrogen-bond donors (Lipinski definition) is 0. The highest BCUT2D eigenvalue weighted by Gasteiger charge is 2.42. The van der Waals surface area contributed by atoms with Crippen molar-refractivity contribution in [3.05, 3.63) is 227 Å². The lowest BCUT2D eigenvalue weighted by atomic mass is 9.72. The molecule has 4 aliphatic rings. The predicted octanol–water partition coefficient (Wildman–Crippen LogP) is 15.9. The van der Waals surface area contributed by atoms with Gasteiger partial charge in [-0.15, -0.1) is 0 Å². The van der Waals surface area contributed by atoms with E-state index in [0.717, 1.165) is 6.42 Å². The maximum absolute atomic E-state index is 2.51. The van der Waals surface area contributed by atoms with Gasteiger partial charge in [0.2, 0.25) is 0 Å². The molecule has 2 nitrogen and oxygen atoms in total. The Labute approximate surface area is 361 Å². The van der Waals surface area contributed by atoms with Crippen LogP contribution in [0.1, 0.15) is 92.5 Å². The Morgan fingerprint density at radius 1 is 0.459 bits per heavy atom. The van der Waals surface area contributed by atoms with Gasteiger partial charge in [-0.1, -0.05) is 169 Å². The molecule has 0 radical (unpaired) electrons. The maximum atomic E-state index is 2.51. The summed E-state index contributed by atoms with van der Waals surface area (Å²) in [5, 5.41) is 0. The summed E-state index contributed by atoms with van der Waals surface area (Å²) in [6.07, 6.45) is 12.9. The first kappa shape index (κ1) is 37.4. The number of anilines is 6. The summed E-state index contributed by atoms with van der Waals surface area (Å²) in [5.41, 5.74) is 21.8. The molecule has 2 aliphatic heterocycles. The molecule has 1 atom stereocenters. The summed E-state index contributed by atoms with van der Waals surface area (Å²) in [5.74, 6) is 0.344. The van der Waals surface area contributed by atoms with Crippen LogP contribution >= 0.6 is 0 Å². The molecular weight excluding hydrogens is 737 g/mol. The Morgan fingerprint density at radius 2 is 1.00 bits per heavy atom. The highest BCUT2D eigenvalue weighted by atomic mass is 15.2. The second-order valence-corrected chi connectivity index (χ2v) is 19.0. The minimum Gasteiger partial charge on any atom is -0.310 e. The van der Waals surface area contributed by atoms with E-state index in [1.165, 1.54) is 95.3 Å². The van der Waals surface area contributed by atoms with Gasteiger partial charge in [0.15, 0.2) is 0 Å². The van der Waals surface area contributed by atoms with E-state index in [-0.39, 0.29) is 16.2 Å². The summed E-state index contributed by atoms with van der Waals surface area (Å²) >= 11 is 0. The molecular formula is C59H52N2. The van der Waals surface area contributed by atoms with E-state index in [0.29, 0.717) is 5.92 Å². The van der Waals surface area contributed by atoms with Crippen molar-refractivity contribution >= 4 is 45.8 Å². The smallest absolute Gasteiger partial charge is 0.0506 e. The molecule has 1 unspecified atom stereocenters. The monoisotopic (exact) mass is 788 g/mol. The largest absolute Gasteiger partial charge is 0.310 e. The van der Waals surface area contributed by atoms with Gasteiger partial charge in [-0.2, -0.15) is 0 Å². The van der Waals surface area contributed by atoms with E-state index in [9.17, 15) is 0 Å². The van der Waals surface area contributed by atoms with Crippen LogP contribution in [0.25, 0.3) is 22.8 Å². The van der Waals surface area contributed by atoms with Crippen LogP contribution in [0.15, 0.2) is 182 Å². The standard InChI is InChI=1S/C59H52N2/c1-57(2)47-21-13-15-23-53(47)60(43-17-9-7-10-18-43)55-34-32-42(36-51(55)57)41-30-27-39(28-31-41)25-26-40-29-33-45-46-37-52-56(38-50(46)59(5,6)49(45)35-40)61(44-19-11-8-12-20-44)54-24-16-14-22-48(54)58(52,3)4/h7-27,29-39H,28H2,1-6H3/b26-25+. The second-order valence-electron chi connectivity index (χ2n) is 19.0. The number of rotatable bonds is 5. The molecule has 0 saturated carbocycles. The lowest BCUT2D eigenvalue weighted by Crippen LogP contribution is -2.31. The number of benzene rings is 7. The molecule has 2 heteroatoms. The third-order valence-corrected chi connectivity index (χ3v) is 14.3. The molecule has 0 amide bonds. The van der Waals surface area contributed by atoms with Crippen molar-refractivity contribution < 1.29 is 0 Å². The molecule has 61 heavy (non-hydrogen) atoms. The fourth-order valence-corrected chi connectivity index (χ4v) is 10.9. The van der Waals surface area contributed by atoms with Crippen LogP contribution in [0.5, 0.6) is 0 Å². The first-order chi connectivity index (χ1) is 29.5. The van der Waals surface area contributed by atoms with Gasteiger partial charge < -0.3 is 9.80 Å². The first-order valence-electron chi connectivity index (χ1n) is 22.0. The van der Waals surface area contributed by atoms with E-state index >= 15 is 0 Å². The first-order valence-corrected chi connectivity index (χ1v) is 22.0. The zero-order chi connectivity index (χ0) is 41.7. The molecule has 2 aliphatic carbocycles. The minimum atomic E-state index is -0.143. The van der Waals surface area contributed by atoms with Crippen molar-refractivity contribution in [2.75, 3.05) is 9.80 Å². The summed E-state index contributed by atoms with van der Waals surface area (Å²) < 4.78 is 0. The zero-order valence-electron chi connectivity index (χ0n) is 36.1. The third-order valence-electron chi connectivity index (χ3n) is 14.3. The molecule has 0 fully saturated rings. The Hall–Kier alpha value is -6.64. The SMILES string of the molecule is CC1(C)c2cc(/C=C/C3C=CC(c4ccc5c(c4)C(C)(C)c4ccccc4N5c4ccccc4)=CC3)ccc2-c2cc3c(cc21)N(c1ccccc1)c1ccccc1C3(C)C. The number of fused-ring (bicyclic) bond motifs is 7. The zero-order valence-corrected chi connectivity index (χ0v) is 36.1. The summed E-state index contributed by atoms with van der Waals surface area (Å²) in [4.78, 5) is 4.91. The fraction of sp³-hybridized carbons (Fsp3) is 0.186. The van der Waals surface area contributed by atoms with Gasteiger partial charge in [-0.3, -0.25) is 0 Å². The highest BCUT2D eigenvalue weighted by Crippen LogP contribution is 2.58. The van der Waals surface area contributed by atoms with Gasteiger partial charge in [0.05, 0.1) is 22.7 Å². The van der Waals surface area contributed by atoms with Crippen LogP contribution < -0.4 is 9.80 Å². The summed E-state index contributed by atoms with van der Waals surface area (Å²) in [7, 11) is 0. The lowest BCUT2D eigenvalue weighted by molar-refractivity contribution is 0.627. The average molecular weight is 789 g/mol.